The molecule has 3 aromatic carbocycles. The lowest BCUT2D eigenvalue weighted by atomic mass is 10.1. The molecule has 0 spiro atoms. The van der Waals surface area contributed by atoms with Crippen molar-refractivity contribution in [2.24, 2.45) is 0 Å². The quantitative estimate of drug-likeness (QED) is 0.466. The van der Waals surface area contributed by atoms with Crippen molar-refractivity contribution in [1.29, 1.82) is 0 Å². The van der Waals surface area contributed by atoms with Crippen molar-refractivity contribution in [1.82, 2.24) is 9.55 Å². The van der Waals surface area contributed by atoms with Gasteiger partial charge in [-0.1, -0.05) is 36.4 Å². The van der Waals surface area contributed by atoms with E-state index >= 15 is 0 Å². The summed E-state index contributed by atoms with van der Waals surface area (Å²) in [6, 6.07) is 23.1. The number of carbonyl (C=O) groups excluding carboxylic acids is 1. The van der Waals surface area contributed by atoms with Gasteiger partial charge in [0.05, 0.1) is 0 Å². The van der Waals surface area contributed by atoms with Crippen molar-refractivity contribution < 1.29 is 4.79 Å². The zero-order chi connectivity index (χ0) is 20.0. The van der Waals surface area contributed by atoms with Gasteiger partial charge in [0.25, 0.3) is 11.5 Å². The Morgan fingerprint density at radius 2 is 1.62 bits per heavy atom. The molecule has 142 valence electrons. The Balaban J connectivity index is 1.56. The third kappa shape index (κ3) is 2.79. The Kier molecular flexibility index (Phi) is 3.95. The number of aryl methyl sites for hydroxylation is 1. The fourth-order valence-corrected chi connectivity index (χ4v) is 4.00. The zero-order valence-electron chi connectivity index (χ0n) is 15.9. The van der Waals surface area contributed by atoms with Gasteiger partial charge in [0, 0.05) is 39.4 Å². The second-order valence-electron chi connectivity index (χ2n) is 7.05. The molecule has 5 aromatic rings. The maximum Gasteiger partial charge on any atom is 0.272 e. The van der Waals surface area contributed by atoms with Crippen LogP contribution in [0.15, 0.2) is 77.6 Å². The number of amides is 1. The number of benzene rings is 3. The van der Waals surface area contributed by atoms with Crippen LogP contribution in [0.1, 0.15) is 17.4 Å². The van der Waals surface area contributed by atoms with E-state index in [1.54, 1.807) is 18.2 Å². The van der Waals surface area contributed by atoms with Crippen LogP contribution in [0, 0.1) is 0 Å². The highest BCUT2D eigenvalue weighted by atomic mass is 16.2. The molecule has 29 heavy (non-hydrogen) atoms. The molecule has 0 bridgehead atoms. The summed E-state index contributed by atoms with van der Waals surface area (Å²) >= 11 is 0. The summed E-state index contributed by atoms with van der Waals surface area (Å²) < 4.78 is 2.26. The molecule has 2 heterocycles. The molecule has 5 rings (SSSR count). The van der Waals surface area contributed by atoms with Crippen molar-refractivity contribution in [3.05, 3.63) is 88.8 Å². The van der Waals surface area contributed by atoms with E-state index in [0.29, 0.717) is 11.1 Å². The lowest BCUT2D eigenvalue weighted by Gasteiger charge is -2.07. The summed E-state index contributed by atoms with van der Waals surface area (Å²) in [4.78, 5) is 27.7. The topological polar surface area (TPSA) is 66.9 Å². The van der Waals surface area contributed by atoms with Crippen LogP contribution in [0.25, 0.3) is 32.6 Å². The highest BCUT2D eigenvalue weighted by Gasteiger charge is 2.13. The average Bonchev–Trinajstić information content (AvgIpc) is 3.07. The van der Waals surface area contributed by atoms with Crippen LogP contribution >= 0.6 is 0 Å². The summed E-state index contributed by atoms with van der Waals surface area (Å²) in [7, 11) is 0. The highest BCUT2D eigenvalue weighted by molar-refractivity contribution is 6.11. The molecule has 5 heteroatoms. The van der Waals surface area contributed by atoms with Crippen molar-refractivity contribution in [3.8, 4) is 0 Å². The van der Waals surface area contributed by atoms with Crippen LogP contribution in [0.3, 0.4) is 0 Å². The van der Waals surface area contributed by atoms with Gasteiger partial charge in [-0.25, -0.2) is 0 Å². The van der Waals surface area contributed by atoms with E-state index in [1.165, 1.54) is 5.52 Å². The van der Waals surface area contributed by atoms with Gasteiger partial charge >= 0.3 is 0 Å². The molecule has 0 unspecified atom stereocenters. The number of carbonyl (C=O) groups is 1. The highest BCUT2D eigenvalue weighted by Crippen LogP contribution is 2.31. The molecule has 2 N–H and O–H groups in total. The van der Waals surface area contributed by atoms with Crippen LogP contribution in [0.5, 0.6) is 0 Å². The lowest BCUT2D eigenvalue weighted by molar-refractivity contribution is 0.102. The number of para-hydroxylation sites is 1. The van der Waals surface area contributed by atoms with Gasteiger partial charge in [-0.2, -0.15) is 0 Å². The van der Waals surface area contributed by atoms with Gasteiger partial charge < -0.3 is 14.9 Å². The Morgan fingerprint density at radius 3 is 2.45 bits per heavy atom. The van der Waals surface area contributed by atoms with Gasteiger partial charge in [-0.15, -0.1) is 0 Å². The first-order chi connectivity index (χ1) is 14.2. The molecule has 0 atom stereocenters. The molecule has 0 fully saturated rings. The number of hydrogen-bond donors (Lipinski definition) is 2. The van der Waals surface area contributed by atoms with Crippen molar-refractivity contribution in [2.75, 3.05) is 5.32 Å². The van der Waals surface area contributed by atoms with Crippen molar-refractivity contribution >= 4 is 44.2 Å². The third-order valence-corrected chi connectivity index (χ3v) is 5.34. The summed E-state index contributed by atoms with van der Waals surface area (Å²) in [5.41, 5.74) is 2.97. The van der Waals surface area contributed by atoms with E-state index in [2.05, 4.69) is 33.9 Å². The molecule has 0 aliphatic carbocycles. The Labute approximate surface area is 166 Å². The van der Waals surface area contributed by atoms with E-state index in [1.807, 2.05) is 42.5 Å². The predicted octanol–water partition coefficient (Wildman–Crippen LogP) is 4.91. The number of H-pyrrole nitrogens is 1. The number of aromatic amines is 1. The molecule has 1 amide bonds. The number of anilines is 1. The van der Waals surface area contributed by atoms with Gasteiger partial charge in [0.15, 0.2) is 0 Å². The fraction of sp³-hybridized carbons (Fsp3) is 0.0833. The summed E-state index contributed by atoms with van der Waals surface area (Å²) in [6.45, 7) is 2.99. The molecule has 2 aromatic heterocycles. The lowest BCUT2D eigenvalue weighted by Crippen LogP contribution is -2.18. The Morgan fingerprint density at radius 1 is 0.897 bits per heavy atom. The number of fused-ring (bicyclic) bond motifs is 4. The number of nitrogens with zero attached hydrogens (tertiary/aromatic N) is 1. The van der Waals surface area contributed by atoms with Gasteiger partial charge in [-0.05, 0) is 48.7 Å². The first-order valence-corrected chi connectivity index (χ1v) is 9.60. The first-order valence-electron chi connectivity index (χ1n) is 9.60. The van der Waals surface area contributed by atoms with Crippen LogP contribution in [0.2, 0.25) is 0 Å². The minimum absolute atomic E-state index is 0.241. The average molecular weight is 381 g/mol. The molecule has 0 aliphatic rings. The predicted molar refractivity (Wildman–Crippen MR) is 118 cm³/mol. The maximum atomic E-state index is 12.8. The van der Waals surface area contributed by atoms with E-state index < -0.39 is 0 Å². The normalized spacial score (nSPS) is 11.3. The van der Waals surface area contributed by atoms with Crippen molar-refractivity contribution in [2.45, 2.75) is 13.5 Å². The SMILES string of the molecule is CCn1c2ccccc2c2cc(NC(=O)c3cc4ccccc4c(=O)[nH]3)ccc21. The summed E-state index contributed by atoms with van der Waals surface area (Å²) in [5.74, 6) is -0.341. The number of rotatable bonds is 3. The number of pyridine rings is 1. The third-order valence-electron chi connectivity index (χ3n) is 5.34. The summed E-state index contributed by atoms with van der Waals surface area (Å²) in [6.07, 6.45) is 0. The molecule has 0 radical (unpaired) electrons. The second-order valence-corrected chi connectivity index (χ2v) is 7.05. The molecular weight excluding hydrogens is 362 g/mol. The largest absolute Gasteiger partial charge is 0.341 e. The molecule has 0 aliphatic heterocycles. The van der Waals surface area contributed by atoms with E-state index in [0.717, 1.165) is 28.2 Å². The van der Waals surface area contributed by atoms with Gasteiger partial charge in [0.1, 0.15) is 5.69 Å². The molecule has 0 saturated carbocycles. The van der Waals surface area contributed by atoms with Crippen LogP contribution in [-0.4, -0.2) is 15.5 Å². The zero-order valence-corrected chi connectivity index (χ0v) is 15.9. The minimum atomic E-state index is -0.341. The Hall–Kier alpha value is -3.86. The van der Waals surface area contributed by atoms with Gasteiger partial charge in [0.2, 0.25) is 0 Å². The fourth-order valence-electron chi connectivity index (χ4n) is 4.00. The Bertz CT molecular complexity index is 1460. The smallest absolute Gasteiger partial charge is 0.272 e. The van der Waals surface area contributed by atoms with Crippen LogP contribution in [-0.2, 0) is 6.54 Å². The molecule has 5 nitrogen and oxygen atoms in total. The number of aromatic nitrogens is 2. The van der Waals surface area contributed by atoms with Crippen molar-refractivity contribution in [3.63, 3.8) is 0 Å². The number of nitrogens with one attached hydrogen (secondary N) is 2. The van der Waals surface area contributed by atoms with E-state index in [9.17, 15) is 9.59 Å². The van der Waals surface area contributed by atoms with E-state index in [4.69, 9.17) is 0 Å². The molecule has 0 saturated heterocycles. The standard InChI is InChI=1S/C24H19N3O2/c1-2-27-21-10-6-5-9-18(21)19-14-16(11-12-22(19)27)25-24(29)20-13-15-7-3-4-8-17(15)23(28)26-20/h3-14H,2H2,1H3,(H,25,29)(H,26,28). The van der Waals surface area contributed by atoms with Gasteiger partial charge in [-0.3, -0.25) is 9.59 Å². The van der Waals surface area contributed by atoms with Crippen LogP contribution in [0.4, 0.5) is 5.69 Å². The second kappa shape index (κ2) is 6.63. The molecular formula is C24H19N3O2. The maximum absolute atomic E-state index is 12.8. The van der Waals surface area contributed by atoms with E-state index in [-0.39, 0.29) is 17.2 Å². The first kappa shape index (κ1) is 17.3. The number of hydrogen-bond acceptors (Lipinski definition) is 2. The summed E-state index contributed by atoms with van der Waals surface area (Å²) in [5, 5.41) is 6.46. The minimum Gasteiger partial charge on any atom is -0.341 e. The monoisotopic (exact) mass is 381 g/mol. The van der Waals surface area contributed by atoms with Crippen LogP contribution < -0.4 is 10.9 Å².